The van der Waals surface area contributed by atoms with Crippen molar-refractivity contribution in [1.82, 2.24) is 9.29 Å². The molecule has 1 amide bonds. The molecule has 0 radical (unpaired) electrons. The van der Waals surface area contributed by atoms with Gasteiger partial charge in [-0.15, -0.1) is 11.3 Å². The van der Waals surface area contributed by atoms with Gasteiger partial charge in [-0.25, -0.2) is 13.4 Å². The molecule has 0 spiro atoms. The zero-order valence-electron chi connectivity index (χ0n) is 15.7. The highest BCUT2D eigenvalue weighted by molar-refractivity contribution is 7.91. The number of benzene rings is 1. The maximum atomic E-state index is 12.7. The molecule has 4 rings (SSSR count). The zero-order valence-corrected chi connectivity index (χ0v) is 18.9. The number of fused-ring (bicyclic) bond motifs is 1. The van der Waals surface area contributed by atoms with Crippen LogP contribution in [0.3, 0.4) is 0 Å². The van der Waals surface area contributed by atoms with E-state index in [1.807, 2.05) is 18.2 Å². The summed E-state index contributed by atoms with van der Waals surface area (Å²) in [6.45, 7) is 2.71. The average Bonchev–Trinajstić information content (AvgIpc) is 3.33. The van der Waals surface area contributed by atoms with Gasteiger partial charge in [0.1, 0.15) is 4.21 Å². The second kappa shape index (κ2) is 8.31. The summed E-state index contributed by atoms with van der Waals surface area (Å²) in [5.74, 6) is -0.329. The van der Waals surface area contributed by atoms with Crippen molar-refractivity contribution in [3.63, 3.8) is 0 Å². The van der Waals surface area contributed by atoms with Crippen molar-refractivity contribution in [1.29, 1.82) is 0 Å². The summed E-state index contributed by atoms with van der Waals surface area (Å²) < 4.78 is 28.6. The van der Waals surface area contributed by atoms with Gasteiger partial charge in [0, 0.05) is 19.0 Å². The summed E-state index contributed by atoms with van der Waals surface area (Å²) in [7, 11) is -3.55. The van der Waals surface area contributed by atoms with Crippen LogP contribution in [0.2, 0.25) is 4.34 Å². The Balaban J connectivity index is 1.40. The first-order valence-electron chi connectivity index (χ1n) is 9.33. The van der Waals surface area contributed by atoms with Gasteiger partial charge in [-0.2, -0.15) is 4.31 Å². The van der Waals surface area contributed by atoms with Crippen molar-refractivity contribution >= 4 is 65.6 Å². The lowest BCUT2D eigenvalue weighted by molar-refractivity contribution is -0.120. The number of sulfonamides is 1. The van der Waals surface area contributed by atoms with Crippen LogP contribution in [0.15, 0.2) is 34.5 Å². The number of halogens is 1. The third kappa shape index (κ3) is 4.20. The Morgan fingerprint density at radius 3 is 2.66 bits per heavy atom. The Kier molecular flexibility index (Phi) is 5.94. The third-order valence-corrected chi connectivity index (χ3v) is 9.61. The summed E-state index contributed by atoms with van der Waals surface area (Å²) in [5.41, 5.74) is 2.09. The van der Waals surface area contributed by atoms with Gasteiger partial charge in [0.05, 0.1) is 14.6 Å². The lowest BCUT2D eigenvalue weighted by Crippen LogP contribution is -2.41. The molecule has 0 unspecified atom stereocenters. The van der Waals surface area contributed by atoms with Crippen LogP contribution in [0.4, 0.5) is 5.13 Å². The number of carbonyl (C=O) groups excluding carboxylic acids is 1. The standard InChI is InChI=1S/C19H20ClN3O3S3/c1-2-12-4-3-5-14-17(12)21-19(27-14)22-18(24)13-8-10-23(11-9-13)29(25,26)16-7-6-15(20)28-16/h3-7,13H,2,8-11H2,1H3,(H,21,22,24). The van der Waals surface area contributed by atoms with Crippen molar-refractivity contribution in [2.75, 3.05) is 18.4 Å². The highest BCUT2D eigenvalue weighted by atomic mass is 35.5. The van der Waals surface area contributed by atoms with Crippen LogP contribution in [-0.2, 0) is 21.2 Å². The van der Waals surface area contributed by atoms with Gasteiger partial charge in [0.2, 0.25) is 5.91 Å². The highest BCUT2D eigenvalue weighted by Gasteiger charge is 2.33. The number of carbonyl (C=O) groups is 1. The minimum atomic E-state index is -3.55. The summed E-state index contributed by atoms with van der Waals surface area (Å²) in [4.78, 5) is 17.3. The van der Waals surface area contributed by atoms with Gasteiger partial charge in [0.15, 0.2) is 5.13 Å². The third-order valence-electron chi connectivity index (χ3n) is 5.08. The Bertz CT molecular complexity index is 1150. The van der Waals surface area contributed by atoms with Crippen molar-refractivity contribution in [3.05, 3.63) is 40.2 Å². The number of thiazole rings is 1. The van der Waals surface area contributed by atoms with E-state index < -0.39 is 10.0 Å². The normalized spacial score (nSPS) is 16.3. The van der Waals surface area contributed by atoms with Gasteiger partial charge in [-0.3, -0.25) is 4.79 Å². The smallest absolute Gasteiger partial charge is 0.252 e. The Labute approximate surface area is 182 Å². The first kappa shape index (κ1) is 20.7. The minimum Gasteiger partial charge on any atom is -0.302 e. The molecule has 0 aliphatic carbocycles. The van der Waals surface area contributed by atoms with E-state index in [1.165, 1.54) is 21.7 Å². The van der Waals surface area contributed by atoms with Crippen LogP contribution in [-0.4, -0.2) is 36.7 Å². The summed E-state index contributed by atoms with van der Waals surface area (Å²) in [6, 6.07) is 9.16. The van der Waals surface area contributed by atoms with E-state index in [-0.39, 0.29) is 16.0 Å². The molecule has 1 saturated heterocycles. The zero-order chi connectivity index (χ0) is 20.6. The first-order valence-corrected chi connectivity index (χ1v) is 12.8. The molecule has 0 saturated carbocycles. The largest absolute Gasteiger partial charge is 0.302 e. The molecule has 1 N–H and O–H groups in total. The van der Waals surface area contributed by atoms with Gasteiger partial charge in [-0.1, -0.05) is 42.0 Å². The molecule has 6 nitrogen and oxygen atoms in total. The fourth-order valence-electron chi connectivity index (χ4n) is 3.47. The maximum Gasteiger partial charge on any atom is 0.252 e. The highest BCUT2D eigenvalue weighted by Crippen LogP contribution is 2.32. The molecule has 1 fully saturated rings. The minimum absolute atomic E-state index is 0.0988. The van der Waals surface area contributed by atoms with Crippen molar-refractivity contribution in [2.24, 2.45) is 5.92 Å². The molecule has 3 heterocycles. The molecule has 0 atom stereocenters. The second-order valence-electron chi connectivity index (χ2n) is 6.86. The molecular formula is C19H20ClN3O3S3. The van der Waals surface area contributed by atoms with Gasteiger partial charge in [-0.05, 0) is 43.0 Å². The Morgan fingerprint density at radius 2 is 2.00 bits per heavy atom. The predicted molar refractivity (Wildman–Crippen MR) is 118 cm³/mol. The van der Waals surface area contributed by atoms with Gasteiger partial charge < -0.3 is 5.32 Å². The number of aromatic nitrogens is 1. The van der Waals surface area contributed by atoms with Crippen LogP contribution >= 0.6 is 34.3 Å². The number of piperidine rings is 1. The molecular weight excluding hydrogens is 450 g/mol. The number of nitrogens with zero attached hydrogens (tertiary/aromatic N) is 2. The molecule has 10 heteroatoms. The van der Waals surface area contributed by atoms with Crippen LogP contribution in [0.5, 0.6) is 0 Å². The number of rotatable bonds is 5. The Morgan fingerprint density at radius 1 is 1.24 bits per heavy atom. The number of amides is 1. The molecule has 154 valence electrons. The van der Waals surface area contributed by atoms with E-state index in [4.69, 9.17) is 11.6 Å². The van der Waals surface area contributed by atoms with E-state index in [2.05, 4.69) is 17.2 Å². The lowest BCUT2D eigenvalue weighted by atomic mass is 9.97. The van der Waals surface area contributed by atoms with E-state index in [1.54, 1.807) is 6.07 Å². The SMILES string of the molecule is CCc1cccc2sc(NC(=O)C3CCN(S(=O)(=O)c4ccc(Cl)s4)CC3)nc12. The van der Waals surface area contributed by atoms with Crippen LogP contribution in [0.25, 0.3) is 10.2 Å². The van der Waals surface area contributed by atoms with Gasteiger partial charge in [0.25, 0.3) is 10.0 Å². The summed E-state index contributed by atoms with van der Waals surface area (Å²) >= 11 is 8.39. The maximum absolute atomic E-state index is 12.7. The summed E-state index contributed by atoms with van der Waals surface area (Å²) in [6.07, 6.45) is 1.85. The summed E-state index contributed by atoms with van der Waals surface area (Å²) in [5, 5.41) is 3.52. The molecule has 1 aliphatic rings. The molecule has 29 heavy (non-hydrogen) atoms. The Hall–Kier alpha value is -1.52. The molecule has 0 bridgehead atoms. The van der Waals surface area contributed by atoms with Crippen molar-refractivity contribution in [2.45, 2.75) is 30.4 Å². The van der Waals surface area contributed by atoms with E-state index >= 15 is 0 Å². The van der Waals surface area contributed by atoms with Crippen LogP contribution in [0, 0.1) is 5.92 Å². The molecule has 1 aromatic carbocycles. The number of nitrogens with one attached hydrogen (secondary N) is 1. The van der Waals surface area contributed by atoms with Gasteiger partial charge >= 0.3 is 0 Å². The van der Waals surface area contributed by atoms with Crippen LogP contribution < -0.4 is 5.32 Å². The van der Waals surface area contributed by atoms with Crippen molar-refractivity contribution < 1.29 is 13.2 Å². The molecule has 1 aliphatic heterocycles. The number of hydrogen-bond donors (Lipinski definition) is 1. The quantitative estimate of drug-likeness (QED) is 0.591. The monoisotopic (exact) mass is 469 g/mol. The second-order valence-corrected chi connectivity index (χ2v) is 11.8. The average molecular weight is 470 g/mol. The van der Waals surface area contributed by atoms with Crippen LogP contribution in [0.1, 0.15) is 25.3 Å². The lowest BCUT2D eigenvalue weighted by Gasteiger charge is -2.29. The number of thiophene rings is 1. The topological polar surface area (TPSA) is 79.4 Å². The number of anilines is 1. The van der Waals surface area contributed by atoms with Crippen molar-refractivity contribution in [3.8, 4) is 0 Å². The number of aryl methyl sites for hydroxylation is 1. The van der Waals surface area contributed by atoms with E-state index in [0.717, 1.165) is 33.5 Å². The van der Waals surface area contributed by atoms with E-state index in [0.29, 0.717) is 35.4 Å². The first-order chi connectivity index (χ1) is 13.9. The fraction of sp³-hybridized carbons (Fsp3) is 0.368. The number of para-hydroxylation sites is 1. The molecule has 2 aromatic heterocycles. The van der Waals surface area contributed by atoms with E-state index in [9.17, 15) is 13.2 Å². The predicted octanol–water partition coefficient (Wildman–Crippen LogP) is 4.61. The number of hydrogen-bond acceptors (Lipinski definition) is 6. The fourth-order valence-corrected chi connectivity index (χ4v) is 7.50. The molecule has 3 aromatic rings.